The van der Waals surface area contributed by atoms with E-state index in [9.17, 15) is 9.90 Å². The summed E-state index contributed by atoms with van der Waals surface area (Å²) in [6.07, 6.45) is 3.77. The van der Waals surface area contributed by atoms with Gasteiger partial charge in [0.1, 0.15) is 11.6 Å². The van der Waals surface area contributed by atoms with Crippen LogP contribution >= 0.6 is 0 Å². The van der Waals surface area contributed by atoms with E-state index in [4.69, 9.17) is 0 Å². The third-order valence-corrected chi connectivity index (χ3v) is 4.52. The third kappa shape index (κ3) is 3.24. The first-order valence-electron chi connectivity index (χ1n) is 8.62. The topological polar surface area (TPSA) is 65.5 Å². The highest BCUT2D eigenvalue weighted by atomic mass is 16.3. The minimum absolute atomic E-state index is 0.163. The third-order valence-electron chi connectivity index (χ3n) is 4.52. The van der Waals surface area contributed by atoms with Crippen LogP contribution in [0.2, 0.25) is 0 Å². The molecule has 3 aromatic rings. The monoisotopic (exact) mass is 345 g/mol. The van der Waals surface area contributed by atoms with Crippen LogP contribution in [0.1, 0.15) is 22.3 Å². The SMILES string of the molecule is O=C(Nc1ccc(O)cc1)c1ccc(N2CCCc3ccccc32)nc1. The normalized spacial score (nSPS) is 13.2. The number of nitrogens with one attached hydrogen (secondary N) is 1. The molecule has 2 aromatic carbocycles. The van der Waals surface area contributed by atoms with Gasteiger partial charge < -0.3 is 15.3 Å². The lowest BCUT2D eigenvalue weighted by atomic mass is 10.0. The van der Waals surface area contributed by atoms with E-state index in [0.29, 0.717) is 11.3 Å². The van der Waals surface area contributed by atoms with Crippen molar-refractivity contribution in [3.05, 3.63) is 78.0 Å². The van der Waals surface area contributed by atoms with Gasteiger partial charge in [-0.2, -0.15) is 0 Å². The van der Waals surface area contributed by atoms with E-state index in [1.165, 1.54) is 23.4 Å². The van der Waals surface area contributed by atoms with Crippen molar-refractivity contribution in [1.29, 1.82) is 0 Å². The van der Waals surface area contributed by atoms with Gasteiger partial charge in [0.25, 0.3) is 5.91 Å². The van der Waals surface area contributed by atoms with Gasteiger partial charge >= 0.3 is 0 Å². The Labute approximate surface area is 151 Å². The number of amides is 1. The number of aromatic nitrogens is 1. The molecule has 5 nitrogen and oxygen atoms in total. The van der Waals surface area contributed by atoms with Crippen molar-refractivity contribution < 1.29 is 9.90 Å². The maximum atomic E-state index is 12.4. The Morgan fingerprint density at radius 2 is 1.85 bits per heavy atom. The standard InChI is InChI=1S/C21H19N3O2/c25-18-10-8-17(9-11-18)23-21(26)16-7-12-20(22-14-16)24-13-3-5-15-4-1-2-6-19(15)24/h1-2,4,6-12,14,25H,3,5,13H2,(H,23,26). The smallest absolute Gasteiger partial charge is 0.257 e. The number of anilines is 3. The summed E-state index contributed by atoms with van der Waals surface area (Å²) in [6.45, 7) is 0.920. The van der Waals surface area contributed by atoms with Gasteiger partial charge in [-0.3, -0.25) is 4.79 Å². The largest absolute Gasteiger partial charge is 0.508 e. The number of phenols is 1. The predicted molar refractivity (Wildman–Crippen MR) is 102 cm³/mol. The van der Waals surface area contributed by atoms with Crippen molar-refractivity contribution in [3.8, 4) is 5.75 Å². The highest BCUT2D eigenvalue weighted by Crippen LogP contribution is 2.32. The van der Waals surface area contributed by atoms with Crippen LogP contribution in [0, 0.1) is 0 Å². The summed E-state index contributed by atoms with van der Waals surface area (Å²) in [5, 5.41) is 12.1. The van der Waals surface area contributed by atoms with Crippen molar-refractivity contribution in [1.82, 2.24) is 4.98 Å². The van der Waals surface area contributed by atoms with E-state index in [-0.39, 0.29) is 11.7 Å². The van der Waals surface area contributed by atoms with Crippen LogP contribution in [0.4, 0.5) is 17.2 Å². The van der Waals surface area contributed by atoms with Gasteiger partial charge in [-0.1, -0.05) is 18.2 Å². The second-order valence-corrected chi connectivity index (χ2v) is 6.29. The number of hydrogen-bond acceptors (Lipinski definition) is 4. The molecular weight excluding hydrogens is 326 g/mol. The second kappa shape index (κ2) is 6.88. The Bertz CT molecular complexity index is 921. The molecule has 0 fully saturated rings. The minimum Gasteiger partial charge on any atom is -0.508 e. The van der Waals surface area contributed by atoms with Crippen LogP contribution in [0.25, 0.3) is 0 Å². The summed E-state index contributed by atoms with van der Waals surface area (Å²) in [7, 11) is 0. The number of fused-ring (bicyclic) bond motifs is 1. The summed E-state index contributed by atoms with van der Waals surface area (Å²) >= 11 is 0. The van der Waals surface area contributed by atoms with Gasteiger partial charge in [-0.25, -0.2) is 4.98 Å². The Morgan fingerprint density at radius 3 is 2.62 bits per heavy atom. The number of nitrogens with zero attached hydrogens (tertiary/aromatic N) is 2. The number of hydrogen-bond donors (Lipinski definition) is 2. The molecular formula is C21H19N3O2. The first-order valence-corrected chi connectivity index (χ1v) is 8.62. The minimum atomic E-state index is -0.228. The zero-order valence-electron chi connectivity index (χ0n) is 14.2. The van der Waals surface area contributed by atoms with E-state index >= 15 is 0 Å². The van der Waals surface area contributed by atoms with Crippen LogP contribution in [-0.4, -0.2) is 22.5 Å². The van der Waals surface area contributed by atoms with Crippen molar-refractivity contribution in [2.24, 2.45) is 0 Å². The molecule has 5 heteroatoms. The van der Waals surface area contributed by atoms with Crippen LogP contribution in [-0.2, 0) is 6.42 Å². The number of phenolic OH excluding ortho intramolecular Hbond substituents is 1. The van der Waals surface area contributed by atoms with Crippen molar-refractivity contribution in [2.45, 2.75) is 12.8 Å². The Morgan fingerprint density at radius 1 is 1.04 bits per heavy atom. The Kier molecular flexibility index (Phi) is 4.27. The number of carbonyl (C=O) groups excluding carboxylic acids is 1. The molecule has 0 atom stereocenters. The maximum absolute atomic E-state index is 12.4. The number of rotatable bonds is 3. The summed E-state index contributed by atoms with van der Waals surface area (Å²) in [5.74, 6) is 0.781. The molecule has 2 heterocycles. The van der Waals surface area contributed by atoms with Crippen LogP contribution in [0.3, 0.4) is 0 Å². The van der Waals surface area contributed by atoms with E-state index in [1.807, 2.05) is 12.1 Å². The van der Waals surface area contributed by atoms with E-state index in [1.54, 1.807) is 24.4 Å². The molecule has 1 aliphatic heterocycles. The summed E-state index contributed by atoms with van der Waals surface area (Å²) in [5.41, 5.74) is 3.64. The van der Waals surface area contributed by atoms with Gasteiger partial charge in [0.15, 0.2) is 0 Å². The second-order valence-electron chi connectivity index (χ2n) is 6.29. The number of aryl methyl sites for hydroxylation is 1. The first kappa shape index (κ1) is 16.1. The van der Waals surface area contributed by atoms with Crippen LogP contribution < -0.4 is 10.2 Å². The highest BCUT2D eigenvalue weighted by molar-refractivity contribution is 6.04. The van der Waals surface area contributed by atoms with E-state index < -0.39 is 0 Å². The zero-order chi connectivity index (χ0) is 17.9. The van der Waals surface area contributed by atoms with Crippen molar-refractivity contribution in [2.75, 3.05) is 16.8 Å². The lowest BCUT2D eigenvalue weighted by Crippen LogP contribution is -2.25. The van der Waals surface area contributed by atoms with Gasteiger partial charge in [0, 0.05) is 24.1 Å². The van der Waals surface area contributed by atoms with Crippen molar-refractivity contribution in [3.63, 3.8) is 0 Å². The number of aromatic hydroxyl groups is 1. The zero-order valence-corrected chi connectivity index (χ0v) is 14.2. The molecule has 0 bridgehead atoms. The van der Waals surface area contributed by atoms with E-state index in [0.717, 1.165) is 25.2 Å². The quantitative estimate of drug-likeness (QED) is 0.701. The van der Waals surface area contributed by atoms with Gasteiger partial charge in [0.2, 0.25) is 0 Å². The summed E-state index contributed by atoms with van der Waals surface area (Å²) in [6, 6.07) is 18.4. The predicted octanol–water partition coefficient (Wildman–Crippen LogP) is 4.12. The molecule has 0 radical (unpaired) electrons. The molecule has 4 rings (SSSR count). The van der Waals surface area contributed by atoms with Crippen LogP contribution in [0.5, 0.6) is 5.75 Å². The molecule has 0 aliphatic carbocycles. The summed E-state index contributed by atoms with van der Waals surface area (Å²) < 4.78 is 0. The lowest BCUT2D eigenvalue weighted by molar-refractivity contribution is 0.102. The van der Waals surface area contributed by atoms with Crippen molar-refractivity contribution >= 4 is 23.1 Å². The number of pyridine rings is 1. The molecule has 1 aliphatic rings. The fourth-order valence-corrected chi connectivity index (χ4v) is 3.20. The Balaban J connectivity index is 1.52. The molecule has 130 valence electrons. The maximum Gasteiger partial charge on any atom is 0.257 e. The molecule has 1 amide bonds. The Hall–Kier alpha value is -3.34. The van der Waals surface area contributed by atoms with E-state index in [2.05, 4.69) is 33.4 Å². The first-order chi connectivity index (χ1) is 12.7. The average molecular weight is 345 g/mol. The molecule has 0 spiro atoms. The fraction of sp³-hybridized carbons (Fsp3) is 0.143. The molecule has 0 unspecified atom stereocenters. The summed E-state index contributed by atoms with van der Waals surface area (Å²) in [4.78, 5) is 19.1. The molecule has 0 saturated heterocycles. The fourth-order valence-electron chi connectivity index (χ4n) is 3.20. The number of carbonyl (C=O) groups is 1. The van der Waals surface area contributed by atoms with Gasteiger partial charge in [-0.05, 0) is 60.9 Å². The van der Waals surface area contributed by atoms with Crippen LogP contribution in [0.15, 0.2) is 66.9 Å². The highest BCUT2D eigenvalue weighted by Gasteiger charge is 2.19. The molecule has 0 saturated carbocycles. The molecule has 26 heavy (non-hydrogen) atoms. The average Bonchev–Trinajstić information content (AvgIpc) is 2.69. The van der Waals surface area contributed by atoms with Gasteiger partial charge in [0.05, 0.1) is 5.56 Å². The molecule has 2 N–H and O–H groups in total. The number of benzene rings is 2. The van der Waals surface area contributed by atoms with Gasteiger partial charge in [-0.15, -0.1) is 0 Å². The number of para-hydroxylation sites is 1. The molecule has 1 aromatic heterocycles. The lowest BCUT2D eigenvalue weighted by Gasteiger charge is -2.30.